The molecule has 3 atom stereocenters. The molecule has 0 spiro atoms. The highest BCUT2D eigenvalue weighted by atomic mass is 14.9. The van der Waals surface area contributed by atoms with Crippen LogP contribution in [0.4, 0.5) is 0 Å². The molecule has 1 aliphatic heterocycles. The Bertz CT molecular complexity index is 2720. The number of allylic oxidation sites excluding steroid dienone is 4. The van der Waals surface area contributed by atoms with E-state index >= 15 is 0 Å². The summed E-state index contributed by atoms with van der Waals surface area (Å²) in [5.41, 5.74) is 18.8. The largest absolute Gasteiger partial charge is 0.378 e. The first kappa shape index (κ1) is 37.1. The van der Waals surface area contributed by atoms with Crippen molar-refractivity contribution in [2.24, 2.45) is 0 Å². The summed E-state index contributed by atoms with van der Waals surface area (Å²) < 4.78 is 0. The van der Waals surface area contributed by atoms with Gasteiger partial charge in [0.2, 0.25) is 0 Å². The zero-order chi connectivity index (χ0) is 40.1. The Balaban J connectivity index is 0.932. The molecule has 0 fully saturated rings. The predicted octanol–water partition coefficient (Wildman–Crippen LogP) is 15.4. The summed E-state index contributed by atoms with van der Waals surface area (Å²) in [5, 5.41) is 3.99. The number of nitrogens with one attached hydrogen (secondary N) is 1. The topological polar surface area (TPSA) is 12.0 Å². The van der Waals surface area contributed by atoms with Gasteiger partial charge in [-0.3, -0.25) is 0 Å². The van der Waals surface area contributed by atoms with Crippen LogP contribution in [-0.4, -0.2) is 0 Å². The number of rotatable bonds is 9. The van der Waals surface area contributed by atoms with E-state index in [1.807, 2.05) is 0 Å². The molecule has 8 aromatic rings. The average Bonchev–Trinajstić information content (AvgIpc) is 3.35. The van der Waals surface area contributed by atoms with Crippen LogP contribution in [0.3, 0.4) is 0 Å². The summed E-state index contributed by atoms with van der Waals surface area (Å²) in [6.07, 6.45) is 11.6. The van der Waals surface area contributed by atoms with Crippen LogP contribution in [0.5, 0.6) is 0 Å². The molecule has 8 aromatic carbocycles. The van der Waals surface area contributed by atoms with Gasteiger partial charge in [0.05, 0.1) is 6.04 Å². The average molecular weight is 770 g/mol. The van der Waals surface area contributed by atoms with E-state index in [4.69, 9.17) is 0 Å². The van der Waals surface area contributed by atoms with Gasteiger partial charge in [0.15, 0.2) is 0 Å². The van der Waals surface area contributed by atoms with Crippen molar-refractivity contribution < 1.29 is 0 Å². The van der Waals surface area contributed by atoms with Gasteiger partial charge in [-0.2, -0.15) is 0 Å². The van der Waals surface area contributed by atoms with Crippen molar-refractivity contribution in [2.75, 3.05) is 0 Å². The van der Waals surface area contributed by atoms with E-state index in [-0.39, 0.29) is 12.0 Å². The molecule has 0 saturated heterocycles. The lowest BCUT2D eigenvalue weighted by Crippen LogP contribution is -2.28. The van der Waals surface area contributed by atoms with Crippen LogP contribution in [0.1, 0.15) is 47.4 Å². The Morgan fingerprint density at radius 1 is 0.367 bits per heavy atom. The minimum atomic E-state index is 0.173. The Labute approximate surface area is 354 Å². The molecule has 3 unspecified atom stereocenters. The molecular formula is C59H47N. The smallest absolute Gasteiger partial charge is 0.0522 e. The van der Waals surface area contributed by atoms with Crippen molar-refractivity contribution in [2.45, 2.75) is 30.7 Å². The quantitative estimate of drug-likeness (QED) is 0.154. The molecule has 0 radical (unpaired) electrons. The van der Waals surface area contributed by atoms with Gasteiger partial charge >= 0.3 is 0 Å². The van der Waals surface area contributed by atoms with E-state index in [0.717, 1.165) is 12.8 Å². The second kappa shape index (κ2) is 16.9. The van der Waals surface area contributed by atoms with E-state index in [1.54, 1.807) is 0 Å². The normalized spacial score (nSPS) is 17.3. The van der Waals surface area contributed by atoms with Gasteiger partial charge in [-0.05, 0) is 90.7 Å². The van der Waals surface area contributed by atoms with E-state index < -0.39 is 0 Å². The molecule has 1 aliphatic carbocycles. The van der Waals surface area contributed by atoms with Crippen LogP contribution in [0.25, 0.3) is 55.6 Å². The Hall–Kier alpha value is -7.22. The van der Waals surface area contributed by atoms with Gasteiger partial charge in [0.1, 0.15) is 0 Å². The van der Waals surface area contributed by atoms with Crippen molar-refractivity contribution in [1.82, 2.24) is 5.32 Å². The third-order valence-corrected chi connectivity index (χ3v) is 12.3. The molecule has 0 amide bonds. The molecule has 1 heteroatoms. The standard InChI is InChI=1S/C59H47N/c1-5-14-42(15-6-1)44-24-26-48(27-25-44)54-40-57(51-34-28-45(29-35-51)43-16-7-2-8-17-43)60-58(41-54)52-36-30-46(31-37-52)47-32-38-53(39-33-47)59-55(49-18-9-3-10-19-49)22-13-23-56(59)50-20-11-4-12-21-50/h1-28,30-40,45,54,58,60H,29,41H2. The predicted molar refractivity (Wildman–Crippen MR) is 252 cm³/mol. The summed E-state index contributed by atoms with van der Waals surface area (Å²) in [6, 6.07) is 77.4. The van der Waals surface area contributed by atoms with E-state index in [0.29, 0.717) is 5.92 Å². The number of benzene rings is 8. The molecular weight excluding hydrogens is 723 g/mol. The van der Waals surface area contributed by atoms with Gasteiger partial charge in [-0.1, -0.05) is 237 Å². The van der Waals surface area contributed by atoms with Gasteiger partial charge < -0.3 is 5.32 Å². The molecule has 1 nitrogen and oxygen atoms in total. The fraction of sp³-hybridized carbons (Fsp3) is 0.0847. The summed E-state index contributed by atoms with van der Waals surface area (Å²) in [7, 11) is 0. The lowest BCUT2D eigenvalue weighted by Gasteiger charge is -2.33. The lowest BCUT2D eigenvalue weighted by atomic mass is 9.82. The Morgan fingerprint density at radius 2 is 0.817 bits per heavy atom. The van der Waals surface area contributed by atoms with Gasteiger partial charge in [0, 0.05) is 17.5 Å². The minimum Gasteiger partial charge on any atom is -0.378 e. The van der Waals surface area contributed by atoms with Crippen molar-refractivity contribution in [3.63, 3.8) is 0 Å². The first-order valence-electron chi connectivity index (χ1n) is 21.3. The first-order valence-corrected chi connectivity index (χ1v) is 21.3. The third kappa shape index (κ3) is 7.83. The van der Waals surface area contributed by atoms with Crippen LogP contribution < -0.4 is 5.32 Å². The zero-order valence-electron chi connectivity index (χ0n) is 33.7. The van der Waals surface area contributed by atoms with Gasteiger partial charge in [-0.25, -0.2) is 0 Å². The van der Waals surface area contributed by atoms with E-state index in [2.05, 4.69) is 242 Å². The van der Waals surface area contributed by atoms with Gasteiger partial charge in [-0.15, -0.1) is 0 Å². The van der Waals surface area contributed by atoms with Crippen LogP contribution in [-0.2, 0) is 0 Å². The fourth-order valence-electron chi connectivity index (χ4n) is 9.09. The van der Waals surface area contributed by atoms with E-state index in [9.17, 15) is 0 Å². The molecule has 0 bridgehead atoms. The SMILES string of the molecule is C1=CC(c2ccccc2)CC=C1C1=CC(c2ccc(-c3ccccc3)cc2)CC(c2ccc(-c3ccc(-c4c(-c5ccccc5)cccc4-c4ccccc4)cc3)cc2)N1. The highest BCUT2D eigenvalue weighted by Gasteiger charge is 2.26. The third-order valence-electron chi connectivity index (χ3n) is 12.3. The Kier molecular flexibility index (Phi) is 10.5. The number of hydrogen-bond donors (Lipinski definition) is 1. The fourth-order valence-corrected chi connectivity index (χ4v) is 9.09. The molecule has 1 heterocycles. The highest BCUT2D eigenvalue weighted by Crippen LogP contribution is 2.42. The summed E-state index contributed by atoms with van der Waals surface area (Å²) in [4.78, 5) is 0. The summed E-state index contributed by atoms with van der Waals surface area (Å²) in [6.45, 7) is 0. The molecule has 2 aliphatic rings. The van der Waals surface area contributed by atoms with Gasteiger partial charge in [0.25, 0.3) is 0 Å². The molecule has 0 aromatic heterocycles. The lowest BCUT2D eigenvalue weighted by molar-refractivity contribution is 0.497. The first-order chi connectivity index (χ1) is 29.7. The van der Waals surface area contributed by atoms with Crippen molar-refractivity contribution in [3.05, 3.63) is 265 Å². The summed E-state index contributed by atoms with van der Waals surface area (Å²) >= 11 is 0. The number of hydrogen-bond acceptors (Lipinski definition) is 1. The molecule has 1 N–H and O–H groups in total. The molecule has 288 valence electrons. The van der Waals surface area contributed by atoms with Crippen molar-refractivity contribution in [3.8, 4) is 55.6 Å². The van der Waals surface area contributed by atoms with Crippen molar-refractivity contribution in [1.29, 1.82) is 0 Å². The van der Waals surface area contributed by atoms with Crippen LogP contribution >= 0.6 is 0 Å². The summed E-state index contributed by atoms with van der Waals surface area (Å²) in [5.74, 6) is 0.686. The second-order valence-electron chi connectivity index (χ2n) is 16.0. The molecule has 10 rings (SSSR count). The maximum absolute atomic E-state index is 3.99. The molecule has 0 saturated carbocycles. The van der Waals surface area contributed by atoms with Crippen molar-refractivity contribution >= 4 is 0 Å². The zero-order valence-corrected chi connectivity index (χ0v) is 33.7. The Morgan fingerprint density at radius 3 is 1.35 bits per heavy atom. The van der Waals surface area contributed by atoms with Crippen LogP contribution in [0.2, 0.25) is 0 Å². The van der Waals surface area contributed by atoms with E-state index in [1.165, 1.54) is 83.6 Å². The maximum Gasteiger partial charge on any atom is 0.0522 e. The molecule has 60 heavy (non-hydrogen) atoms. The highest BCUT2D eigenvalue weighted by molar-refractivity contribution is 5.95. The van der Waals surface area contributed by atoms with Crippen LogP contribution in [0.15, 0.2) is 248 Å². The van der Waals surface area contributed by atoms with Crippen LogP contribution in [0, 0.1) is 0 Å². The maximum atomic E-state index is 3.99. The minimum absolute atomic E-state index is 0.173. The second-order valence-corrected chi connectivity index (χ2v) is 16.0. The monoisotopic (exact) mass is 769 g/mol.